The second-order valence-electron chi connectivity index (χ2n) is 5.46. The summed E-state index contributed by atoms with van der Waals surface area (Å²) < 4.78 is 23.3. The van der Waals surface area contributed by atoms with E-state index >= 15 is 0 Å². The van der Waals surface area contributed by atoms with E-state index < -0.39 is 10.8 Å². The van der Waals surface area contributed by atoms with Gasteiger partial charge in [-0.25, -0.2) is 9.97 Å². The number of aromatic nitrogens is 3. The predicted octanol–water partition coefficient (Wildman–Crippen LogP) is 2.90. The number of benzene rings is 1. The van der Waals surface area contributed by atoms with Gasteiger partial charge in [-0.05, 0) is 26.0 Å². The molecule has 1 N–H and O–H groups in total. The average molecular weight is 345 g/mol. The van der Waals surface area contributed by atoms with Gasteiger partial charge in [-0.15, -0.1) is 0 Å². The molecule has 1 atom stereocenters. The average Bonchev–Trinajstić information content (AvgIpc) is 2.96. The number of fused-ring (bicyclic) bond motifs is 1. The predicted molar refractivity (Wildman–Crippen MR) is 93.0 cm³/mol. The van der Waals surface area contributed by atoms with Gasteiger partial charge in [-0.2, -0.15) is 0 Å². The number of H-pyrrole nitrogens is 1. The first-order valence-corrected chi connectivity index (χ1v) is 8.76. The molecular weight excluding hydrogens is 326 g/mol. The van der Waals surface area contributed by atoms with E-state index in [1.165, 1.54) is 0 Å². The summed E-state index contributed by atoms with van der Waals surface area (Å²) in [5.74, 6) is 2.39. The number of imidazole rings is 1. The molecule has 0 fully saturated rings. The Balaban J connectivity index is 1.90. The zero-order chi connectivity index (χ0) is 17.3. The molecule has 0 saturated heterocycles. The highest BCUT2D eigenvalue weighted by Crippen LogP contribution is 2.27. The Morgan fingerprint density at radius 1 is 1.21 bits per heavy atom. The molecule has 24 heavy (non-hydrogen) atoms. The molecule has 0 bridgehead atoms. The molecular formula is C17H19N3O3S. The Hall–Kier alpha value is -2.41. The summed E-state index contributed by atoms with van der Waals surface area (Å²) >= 11 is 0. The third-order valence-corrected chi connectivity index (χ3v) is 5.20. The molecule has 7 heteroatoms. The monoisotopic (exact) mass is 345 g/mol. The van der Waals surface area contributed by atoms with Gasteiger partial charge < -0.3 is 14.5 Å². The van der Waals surface area contributed by atoms with Gasteiger partial charge in [-0.1, -0.05) is 0 Å². The molecule has 0 aliphatic rings. The van der Waals surface area contributed by atoms with Gasteiger partial charge in [-0.3, -0.25) is 4.21 Å². The van der Waals surface area contributed by atoms with E-state index in [4.69, 9.17) is 9.47 Å². The van der Waals surface area contributed by atoms with E-state index in [1.807, 2.05) is 32.0 Å². The van der Waals surface area contributed by atoms with Crippen molar-refractivity contribution in [3.05, 3.63) is 41.3 Å². The van der Waals surface area contributed by atoms with Crippen LogP contribution in [0.4, 0.5) is 0 Å². The van der Waals surface area contributed by atoms with E-state index in [9.17, 15) is 4.21 Å². The number of nitrogens with one attached hydrogen (secondary N) is 1. The molecule has 2 heterocycles. The van der Waals surface area contributed by atoms with Gasteiger partial charge in [0.2, 0.25) is 0 Å². The van der Waals surface area contributed by atoms with Crippen LogP contribution in [-0.2, 0) is 16.6 Å². The Labute approximate surface area is 142 Å². The second-order valence-corrected chi connectivity index (χ2v) is 6.83. The molecule has 0 aliphatic heterocycles. The standard InChI is InChI=1S/C17H19N3O3S/c1-10-8-18-17(11(2)16(10)23-4)24(21)9-15-19-13-6-5-12(22-3)7-14(13)20-15/h5-8H,9H2,1-4H3,(H,19,20). The van der Waals surface area contributed by atoms with Gasteiger partial charge in [0.05, 0.1) is 41.8 Å². The van der Waals surface area contributed by atoms with Crippen LogP contribution in [0, 0.1) is 13.8 Å². The highest BCUT2D eigenvalue weighted by molar-refractivity contribution is 7.84. The van der Waals surface area contributed by atoms with Crippen LogP contribution in [0.2, 0.25) is 0 Å². The van der Waals surface area contributed by atoms with Crippen molar-refractivity contribution in [1.29, 1.82) is 0 Å². The quantitative estimate of drug-likeness (QED) is 0.769. The molecule has 6 nitrogen and oxygen atoms in total. The molecule has 2 aromatic heterocycles. The number of hydrogen-bond acceptors (Lipinski definition) is 5. The van der Waals surface area contributed by atoms with Gasteiger partial charge >= 0.3 is 0 Å². The van der Waals surface area contributed by atoms with E-state index in [0.717, 1.165) is 33.7 Å². The molecule has 3 aromatic rings. The van der Waals surface area contributed by atoms with E-state index in [-0.39, 0.29) is 5.75 Å². The second kappa shape index (κ2) is 6.60. The summed E-state index contributed by atoms with van der Waals surface area (Å²) in [4.78, 5) is 12.0. The molecule has 0 aliphatic carbocycles. The molecule has 126 valence electrons. The molecule has 0 amide bonds. The van der Waals surface area contributed by atoms with E-state index in [2.05, 4.69) is 15.0 Å². The number of ether oxygens (including phenoxy) is 2. The number of aromatic amines is 1. The molecule has 1 aromatic carbocycles. The van der Waals surface area contributed by atoms with Crippen molar-refractivity contribution >= 4 is 21.8 Å². The fourth-order valence-corrected chi connectivity index (χ4v) is 3.80. The third-order valence-electron chi connectivity index (χ3n) is 3.82. The summed E-state index contributed by atoms with van der Waals surface area (Å²) in [6, 6.07) is 5.59. The zero-order valence-electron chi connectivity index (χ0n) is 14.0. The molecule has 1 unspecified atom stereocenters. The lowest BCUT2D eigenvalue weighted by Crippen LogP contribution is -2.05. The van der Waals surface area contributed by atoms with Crippen molar-refractivity contribution in [3.63, 3.8) is 0 Å². The zero-order valence-corrected chi connectivity index (χ0v) is 14.9. The summed E-state index contributed by atoms with van der Waals surface area (Å²) in [6.45, 7) is 3.79. The van der Waals surface area contributed by atoms with Crippen LogP contribution in [-0.4, -0.2) is 33.4 Å². The van der Waals surface area contributed by atoms with Gasteiger partial charge in [0.25, 0.3) is 0 Å². The van der Waals surface area contributed by atoms with Crippen molar-refractivity contribution in [2.75, 3.05) is 14.2 Å². The van der Waals surface area contributed by atoms with Crippen LogP contribution in [0.3, 0.4) is 0 Å². The summed E-state index contributed by atoms with van der Waals surface area (Å²) in [6.07, 6.45) is 1.68. The lowest BCUT2D eigenvalue weighted by atomic mass is 10.2. The van der Waals surface area contributed by atoms with Crippen LogP contribution in [0.1, 0.15) is 17.0 Å². The molecule has 0 spiro atoms. The van der Waals surface area contributed by atoms with Crippen molar-refractivity contribution in [1.82, 2.24) is 15.0 Å². The minimum atomic E-state index is -1.32. The van der Waals surface area contributed by atoms with Crippen LogP contribution >= 0.6 is 0 Å². The summed E-state index contributed by atoms with van der Waals surface area (Å²) in [5.41, 5.74) is 3.39. The topological polar surface area (TPSA) is 77.1 Å². The van der Waals surface area contributed by atoms with Crippen LogP contribution in [0.15, 0.2) is 29.4 Å². The maximum Gasteiger partial charge on any atom is 0.134 e. The highest BCUT2D eigenvalue weighted by atomic mass is 32.2. The Morgan fingerprint density at radius 3 is 2.71 bits per heavy atom. The minimum Gasteiger partial charge on any atom is -0.497 e. The number of rotatable bonds is 5. The summed E-state index contributed by atoms with van der Waals surface area (Å²) in [7, 11) is 1.91. The highest BCUT2D eigenvalue weighted by Gasteiger charge is 2.17. The van der Waals surface area contributed by atoms with Crippen molar-refractivity contribution in [2.45, 2.75) is 24.6 Å². The maximum atomic E-state index is 12.7. The number of aryl methyl sites for hydroxylation is 1. The first-order valence-electron chi connectivity index (χ1n) is 7.44. The third kappa shape index (κ3) is 2.99. The first kappa shape index (κ1) is 16.4. The molecule has 0 radical (unpaired) electrons. The van der Waals surface area contributed by atoms with Crippen molar-refractivity contribution in [3.8, 4) is 11.5 Å². The fourth-order valence-electron chi connectivity index (χ4n) is 2.68. The Morgan fingerprint density at radius 2 is 2.00 bits per heavy atom. The normalized spacial score (nSPS) is 12.3. The largest absolute Gasteiger partial charge is 0.497 e. The maximum absolute atomic E-state index is 12.7. The summed E-state index contributed by atoms with van der Waals surface area (Å²) in [5, 5.41) is 0.524. The fraction of sp³-hybridized carbons (Fsp3) is 0.294. The number of nitrogens with zero attached hydrogens (tertiary/aromatic N) is 2. The molecule has 0 saturated carbocycles. The number of methoxy groups -OCH3 is 2. The van der Waals surface area contributed by atoms with Crippen molar-refractivity contribution in [2.24, 2.45) is 0 Å². The SMILES string of the molecule is COc1ccc2nc(CS(=O)c3ncc(C)c(OC)c3C)[nH]c2c1. The van der Waals surface area contributed by atoms with E-state index in [0.29, 0.717) is 10.9 Å². The number of pyridine rings is 1. The lowest BCUT2D eigenvalue weighted by Gasteiger charge is -2.11. The number of hydrogen-bond donors (Lipinski definition) is 1. The van der Waals surface area contributed by atoms with Gasteiger partial charge in [0, 0.05) is 23.4 Å². The smallest absolute Gasteiger partial charge is 0.134 e. The van der Waals surface area contributed by atoms with Crippen LogP contribution in [0.5, 0.6) is 11.5 Å². The minimum absolute atomic E-state index is 0.261. The Bertz CT molecular complexity index is 921. The molecule has 3 rings (SSSR count). The van der Waals surface area contributed by atoms with Gasteiger partial charge in [0.1, 0.15) is 22.3 Å². The van der Waals surface area contributed by atoms with E-state index in [1.54, 1.807) is 20.4 Å². The Kier molecular flexibility index (Phi) is 4.53. The van der Waals surface area contributed by atoms with Crippen LogP contribution in [0.25, 0.3) is 11.0 Å². The van der Waals surface area contributed by atoms with Crippen LogP contribution < -0.4 is 9.47 Å². The van der Waals surface area contributed by atoms with Gasteiger partial charge in [0.15, 0.2) is 0 Å². The first-order chi connectivity index (χ1) is 11.5. The van der Waals surface area contributed by atoms with Crippen molar-refractivity contribution < 1.29 is 13.7 Å². The lowest BCUT2D eigenvalue weighted by molar-refractivity contribution is 0.405.